The maximum Gasteiger partial charge on any atom is 0.264 e. The van der Waals surface area contributed by atoms with Crippen molar-refractivity contribution >= 4 is 17.2 Å². The van der Waals surface area contributed by atoms with Crippen molar-refractivity contribution in [2.24, 2.45) is 0 Å². The number of rotatable bonds is 3. The maximum absolute atomic E-state index is 12.8. The number of piperidine rings is 1. The number of nitrogens with zero attached hydrogens (tertiary/aromatic N) is 3. The van der Waals surface area contributed by atoms with Gasteiger partial charge in [0, 0.05) is 25.5 Å². The van der Waals surface area contributed by atoms with E-state index >= 15 is 0 Å². The summed E-state index contributed by atoms with van der Waals surface area (Å²) in [6.07, 6.45) is 8.45. The number of hydrogen-bond acceptors (Lipinski definition) is 3. The number of thiophene rings is 1. The molecule has 1 amide bonds. The molecule has 0 radical (unpaired) electrons. The minimum Gasteiger partial charge on any atom is -0.336 e. The molecule has 0 unspecified atom stereocenters. The lowest BCUT2D eigenvalue weighted by atomic mass is 10.0. The largest absolute Gasteiger partial charge is 0.336 e. The van der Waals surface area contributed by atoms with Crippen LogP contribution in [-0.4, -0.2) is 33.7 Å². The van der Waals surface area contributed by atoms with E-state index in [1.54, 1.807) is 11.3 Å². The Balaban J connectivity index is 1.52. The zero-order valence-corrected chi connectivity index (χ0v) is 12.8. The first-order valence-corrected chi connectivity index (χ1v) is 8.56. The second-order valence-electron chi connectivity index (χ2n) is 6.01. The van der Waals surface area contributed by atoms with Gasteiger partial charge in [0.1, 0.15) is 0 Å². The Kier molecular flexibility index (Phi) is 3.30. The van der Waals surface area contributed by atoms with Crippen molar-refractivity contribution < 1.29 is 4.79 Å². The lowest BCUT2D eigenvalue weighted by Gasteiger charge is -2.32. The van der Waals surface area contributed by atoms with E-state index in [1.165, 1.54) is 18.4 Å². The molecule has 0 N–H and O–H groups in total. The molecule has 0 aromatic carbocycles. The van der Waals surface area contributed by atoms with Crippen LogP contribution in [0, 0.1) is 0 Å². The molecule has 21 heavy (non-hydrogen) atoms. The summed E-state index contributed by atoms with van der Waals surface area (Å²) in [6.45, 7) is 1.65. The fourth-order valence-corrected chi connectivity index (χ4v) is 4.16. The minimum atomic E-state index is 0.226. The van der Waals surface area contributed by atoms with Gasteiger partial charge in [-0.25, -0.2) is 0 Å². The van der Waals surface area contributed by atoms with Gasteiger partial charge in [0.05, 0.1) is 10.9 Å². The number of likely N-dealkylation sites (tertiary alicyclic amines) is 1. The van der Waals surface area contributed by atoms with Crippen LogP contribution in [0.5, 0.6) is 0 Å². The first-order chi connectivity index (χ1) is 10.3. The van der Waals surface area contributed by atoms with Crippen molar-refractivity contribution in [1.82, 2.24) is 14.7 Å². The highest BCUT2D eigenvalue weighted by Crippen LogP contribution is 2.43. The molecular formula is C16H19N3OS. The SMILES string of the molecule is O=C(c1sccc1C1CC1)N1CCC[C@H](n2cccn2)C1. The number of hydrogen-bond donors (Lipinski definition) is 0. The second kappa shape index (κ2) is 5.30. The zero-order chi connectivity index (χ0) is 14.2. The summed E-state index contributed by atoms with van der Waals surface area (Å²) in [4.78, 5) is 15.8. The molecule has 1 aliphatic carbocycles. The topological polar surface area (TPSA) is 38.1 Å². The molecule has 1 saturated carbocycles. The normalized spacial score (nSPS) is 22.5. The van der Waals surface area contributed by atoms with Crippen LogP contribution in [0.2, 0.25) is 0 Å². The van der Waals surface area contributed by atoms with Gasteiger partial charge in [-0.3, -0.25) is 9.48 Å². The molecule has 4 nitrogen and oxygen atoms in total. The highest BCUT2D eigenvalue weighted by atomic mass is 32.1. The summed E-state index contributed by atoms with van der Waals surface area (Å²) in [5.41, 5.74) is 1.28. The number of amides is 1. The molecule has 0 spiro atoms. The fraction of sp³-hybridized carbons (Fsp3) is 0.500. The quantitative estimate of drug-likeness (QED) is 0.872. The molecular weight excluding hydrogens is 282 g/mol. The third kappa shape index (κ3) is 2.50. The first-order valence-electron chi connectivity index (χ1n) is 7.68. The van der Waals surface area contributed by atoms with Gasteiger partial charge in [0.15, 0.2) is 0 Å². The summed E-state index contributed by atoms with van der Waals surface area (Å²) in [7, 11) is 0. The van der Waals surface area contributed by atoms with Crippen molar-refractivity contribution in [2.45, 2.75) is 37.6 Å². The third-order valence-corrected chi connectivity index (χ3v) is 5.41. The monoisotopic (exact) mass is 301 g/mol. The van der Waals surface area contributed by atoms with Gasteiger partial charge in [-0.15, -0.1) is 11.3 Å². The third-order valence-electron chi connectivity index (χ3n) is 4.49. The van der Waals surface area contributed by atoms with Gasteiger partial charge in [-0.05, 0) is 54.7 Å². The Morgan fingerprint density at radius 1 is 1.33 bits per heavy atom. The smallest absolute Gasteiger partial charge is 0.264 e. The van der Waals surface area contributed by atoms with Gasteiger partial charge >= 0.3 is 0 Å². The molecule has 3 heterocycles. The van der Waals surface area contributed by atoms with E-state index < -0.39 is 0 Å². The Morgan fingerprint density at radius 2 is 2.24 bits per heavy atom. The summed E-state index contributed by atoms with van der Waals surface area (Å²) in [5, 5.41) is 6.40. The molecule has 2 aromatic heterocycles. The number of aromatic nitrogens is 2. The van der Waals surface area contributed by atoms with Crippen LogP contribution >= 0.6 is 11.3 Å². The van der Waals surface area contributed by atoms with Gasteiger partial charge in [0.25, 0.3) is 5.91 Å². The predicted molar refractivity (Wildman–Crippen MR) is 82.7 cm³/mol. The van der Waals surface area contributed by atoms with Crippen LogP contribution in [0.4, 0.5) is 0 Å². The second-order valence-corrected chi connectivity index (χ2v) is 6.93. The summed E-state index contributed by atoms with van der Waals surface area (Å²) >= 11 is 1.60. The van der Waals surface area contributed by atoms with Crippen molar-refractivity contribution in [3.63, 3.8) is 0 Å². The summed E-state index contributed by atoms with van der Waals surface area (Å²) < 4.78 is 2.00. The van der Waals surface area contributed by atoms with E-state index in [1.807, 2.05) is 28.0 Å². The Bertz CT molecular complexity index is 630. The molecule has 1 aliphatic heterocycles. The van der Waals surface area contributed by atoms with Crippen LogP contribution in [0.1, 0.15) is 52.9 Å². The van der Waals surface area contributed by atoms with Gasteiger partial charge in [-0.2, -0.15) is 5.10 Å². The molecule has 1 atom stereocenters. The highest BCUT2D eigenvalue weighted by Gasteiger charge is 2.32. The lowest BCUT2D eigenvalue weighted by molar-refractivity contribution is 0.0677. The molecule has 1 saturated heterocycles. The Morgan fingerprint density at radius 3 is 3.00 bits per heavy atom. The molecule has 0 bridgehead atoms. The van der Waals surface area contributed by atoms with Crippen molar-refractivity contribution in [3.8, 4) is 0 Å². The van der Waals surface area contributed by atoms with Gasteiger partial charge < -0.3 is 4.90 Å². The fourth-order valence-electron chi connectivity index (χ4n) is 3.20. The van der Waals surface area contributed by atoms with Crippen molar-refractivity contribution in [2.75, 3.05) is 13.1 Å². The number of carbonyl (C=O) groups excluding carboxylic acids is 1. The van der Waals surface area contributed by atoms with E-state index in [4.69, 9.17) is 0 Å². The minimum absolute atomic E-state index is 0.226. The average molecular weight is 301 g/mol. The molecule has 2 aromatic rings. The van der Waals surface area contributed by atoms with Crippen LogP contribution < -0.4 is 0 Å². The summed E-state index contributed by atoms with van der Waals surface area (Å²) in [6, 6.07) is 4.41. The van der Waals surface area contributed by atoms with Crippen molar-refractivity contribution in [3.05, 3.63) is 40.3 Å². The zero-order valence-electron chi connectivity index (χ0n) is 11.9. The van der Waals surface area contributed by atoms with Crippen LogP contribution in [-0.2, 0) is 0 Å². The average Bonchev–Trinajstić information content (AvgIpc) is 3.05. The first kappa shape index (κ1) is 13.1. The van der Waals surface area contributed by atoms with Crippen molar-refractivity contribution in [1.29, 1.82) is 0 Å². The van der Waals surface area contributed by atoms with Crippen LogP contribution in [0.25, 0.3) is 0 Å². The van der Waals surface area contributed by atoms with E-state index in [0.29, 0.717) is 12.0 Å². The van der Waals surface area contributed by atoms with E-state index in [2.05, 4.69) is 16.5 Å². The summed E-state index contributed by atoms with van der Waals surface area (Å²) in [5.74, 6) is 0.866. The highest BCUT2D eigenvalue weighted by molar-refractivity contribution is 7.12. The van der Waals surface area contributed by atoms with Crippen LogP contribution in [0.15, 0.2) is 29.9 Å². The van der Waals surface area contributed by atoms with Gasteiger partial charge in [0.2, 0.25) is 0 Å². The number of carbonyl (C=O) groups is 1. The molecule has 110 valence electrons. The molecule has 2 fully saturated rings. The predicted octanol–water partition coefficient (Wildman–Crippen LogP) is 3.30. The van der Waals surface area contributed by atoms with Gasteiger partial charge in [-0.1, -0.05) is 0 Å². The van der Waals surface area contributed by atoms with E-state index in [9.17, 15) is 4.79 Å². The standard InChI is InChI=1S/C16H19N3OS/c20-16(15-14(6-10-21-15)12-4-5-12)18-8-1-3-13(11-18)19-9-2-7-17-19/h2,6-7,9-10,12-13H,1,3-5,8,11H2/t13-/m0/s1. The van der Waals surface area contributed by atoms with Crippen LogP contribution in [0.3, 0.4) is 0 Å². The van der Waals surface area contributed by atoms with E-state index in [0.717, 1.165) is 30.8 Å². The molecule has 5 heteroatoms. The maximum atomic E-state index is 12.8. The Labute approximate surface area is 128 Å². The Hall–Kier alpha value is -1.62. The van der Waals surface area contributed by atoms with E-state index in [-0.39, 0.29) is 5.91 Å². The molecule has 2 aliphatic rings. The molecule has 4 rings (SSSR count). The lowest BCUT2D eigenvalue weighted by Crippen LogP contribution is -2.40.